The van der Waals surface area contributed by atoms with Gasteiger partial charge in [0.15, 0.2) is 5.13 Å². The van der Waals surface area contributed by atoms with Crippen LogP contribution in [-0.4, -0.2) is 23.3 Å². The Balaban J connectivity index is 1.51. The van der Waals surface area contributed by atoms with E-state index in [0.29, 0.717) is 22.1 Å². The Morgan fingerprint density at radius 2 is 2.00 bits per heavy atom. The summed E-state index contributed by atoms with van der Waals surface area (Å²) >= 11 is 7.24. The van der Waals surface area contributed by atoms with Crippen molar-refractivity contribution >= 4 is 45.6 Å². The van der Waals surface area contributed by atoms with E-state index in [2.05, 4.69) is 16.4 Å². The molecule has 0 saturated heterocycles. The zero-order chi connectivity index (χ0) is 19.7. The molecule has 2 heterocycles. The number of fused-ring (bicyclic) bond motifs is 1. The predicted molar refractivity (Wildman–Crippen MR) is 113 cm³/mol. The molecule has 4 rings (SSSR count). The number of thiazole rings is 1. The number of amides is 2. The summed E-state index contributed by atoms with van der Waals surface area (Å²) in [4.78, 5) is 30.8. The van der Waals surface area contributed by atoms with E-state index >= 15 is 0 Å². The van der Waals surface area contributed by atoms with Crippen LogP contribution in [0.25, 0.3) is 11.3 Å². The normalized spacial score (nSPS) is 12.7. The van der Waals surface area contributed by atoms with Gasteiger partial charge in [-0.2, -0.15) is 0 Å². The second-order valence-corrected chi connectivity index (χ2v) is 7.79. The van der Waals surface area contributed by atoms with Crippen LogP contribution in [0.2, 0.25) is 5.02 Å². The molecule has 0 atom stereocenters. The summed E-state index contributed by atoms with van der Waals surface area (Å²) in [6.45, 7) is 2.61. The first kappa shape index (κ1) is 18.7. The fourth-order valence-corrected chi connectivity index (χ4v) is 4.09. The molecule has 7 heteroatoms. The first-order valence-corrected chi connectivity index (χ1v) is 10.3. The Hall–Kier alpha value is -2.70. The molecule has 0 unspecified atom stereocenters. The summed E-state index contributed by atoms with van der Waals surface area (Å²) in [5.41, 5.74) is 4.45. The van der Waals surface area contributed by atoms with Crippen LogP contribution in [0.15, 0.2) is 47.8 Å². The number of halogens is 1. The first-order valence-electron chi connectivity index (χ1n) is 9.01. The van der Waals surface area contributed by atoms with Gasteiger partial charge in [0, 0.05) is 40.2 Å². The molecule has 0 radical (unpaired) electrons. The standard InChI is InChI=1S/C21H18ClN3O2S/c1-2-19(26)25-10-9-15-11-14(5-8-18(15)25)17-12-28-21(23-17)24-20(27)13-3-6-16(22)7-4-13/h3-8,11-12H,2,9-10H2,1H3,(H,23,24,27). The van der Waals surface area contributed by atoms with Crippen molar-refractivity contribution in [1.82, 2.24) is 4.98 Å². The van der Waals surface area contributed by atoms with Gasteiger partial charge in [0.1, 0.15) is 0 Å². The molecule has 0 aliphatic carbocycles. The first-order chi connectivity index (χ1) is 13.5. The fraction of sp³-hybridized carbons (Fsp3) is 0.190. The molecule has 28 heavy (non-hydrogen) atoms. The molecule has 0 saturated carbocycles. The van der Waals surface area contributed by atoms with Gasteiger partial charge in [-0.15, -0.1) is 11.3 Å². The van der Waals surface area contributed by atoms with Gasteiger partial charge in [0.25, 0.3) is 5.91 Å². The summed E-state index contributed by atoms with van der Waals surface area (Å²) in [6.07, 6.45) is 1.35. The van der Waals surface area contributed by atoms with E-state index in [1.807, 2.05) is 29.3 Å². The van der Waals surface area contributed by atoms with Crippen molar-refractivity contribution in [2.45, 2.75) is 19.8 Å². The van der Waals surface area contributed by atoms with Gasteiger partial charge in [-0.1, -0.05) is 24.6 Å². The molecule has 1 aromatic heterocycles. The molecule has 5 nitrogen and oxygen atoms in total. The summed E-state index contributed by atoms with van der Waals surface area (Å²) in [6, 6.07) is 12.8. The molecule has 2 amide bonds. The van der Waals surface area contributed by atoms with Crippen LogP contribution >= 0.6 is 22.9 Å². The van der Waals surface area contributed by atoms with Crippen molar-refractivity contribution in [2.24, 2.45) is 0 Å². The molecular formula is C21H18ClN3O2S. The smallest absolute Gasteiger partial charge is 0.257 e. The van der Waals surface area contributed by atoms with Gasteiger partial charge in [-0.3, -0.25) is 14.9 Å². The van der Waals surface area contributed by atoms with Crippen molar-refractivity contribution in [2.75, 3.05) is 16.8 Å². The number of aromatic nitrogens is 1. The summed E-state index contributed by atoms with van der Waals surface area (Å²) in [5, 5.41) is 5.87. The number of carbonyl (C=O) groups excluding carboxylic acids is 2. The van der Waals surface area contributed by atoms with Gasteiger partial charge in [0.2, 0.25) is 5.91 Å². The predicted octanol–water partition coefficient (Wildman–Crippen LogP) is 5.01. The van der Waals surface area contributed by atoms with Crippen LogP contribution in [-0.2, 0) is 11.2 Å². The van der Waals surface area contributed by atoms with E-state index in [4.69, 9.17) is 11.6 Å². The number of benzene rings is 2. The second kappa shape index (κ2) is 7.73. The minimum Gasteiger partial charge on any atom is -0.312 e. The summed E-state index contributed by atoms with van der Waals surface area (Å²) < 4.78 is 0. The van der Waals surface area contributed by atoms with Crippen LogP contribution in [0.4, 0.5) is 10.8 Å². The average molecular weight is 412 g/mol. The number of hydrogen-bond acceptors (Lipinski definition) is 4. The van der Waals surface area contributed by atoms with Crippen LogP contribution < -0.4 is 10.2 Å². The topological polar surface area (TPSA) is 62.3 Å². The molecule has 1 aliphatic rings. The lowest BCUT2D eigenvalue weighted by Crippen LogP contribution is -2.27. The van der Waals surface area contributed by atoms with Crippen molar-refractivity contribution in [3.05, 3.63) is 64.0 Å². The largest absolute Gasteiger partial charge is 0.312 e. The maximum atomic E-state index is 12.3. The Morgan fingerprint density at radius 3 is 2.75 bits per heavy atom. The lowest BCUT2D eigenvalue weighted by atomic mass is 10.1. The third-order valence-corrected chi connectivity index (χ3v) is 5.72. The lowest BCUT2D eigenvalue weighted by Gasteiger charge is -2.16. The third kappa shape index (κ3) is 3.66. The minimum atomic E-state index is -0.222. The van der Waals surface area contributed by atoms with Crippen LogP contribution in [0.3, 0.4) is 0 Å². The highest BCUT2D eigenvalue weighted by Gasteiger charge is 2.24. The summed E-state index contributed by atoms with van der Waals surface area (Å²) in [5.74, 6) is -0.0763. The molecular weight excluding hydrogens is 394 g/mol. The Labute approximate surface area is 172 Å². The maximum absolute atomic E-state index is 12.3. The lowest BCUT2D eigenvalue weighted by molar-refractivity contribution is -0.118. The monoisotopic (exact) mass is 411 g/mol. The third-order valence-electron chi connectivity index (χ3n) is 4.71. The maximum Gasteiger partial charge on any atom is 0.257 e. The number of hydrogen-bond donors (Lipinski definition) is 1. The van der Waals surface area contributed by atoms with E-state index < -0.39 is 0 Å². The second-order valence-electron chi connectivity index (χ2n) is 6.49. The van der Waals surface area contributed by atoms with E-state index in [0.717, 1.165) is 35.5 Å². The van der Waals surface area contributed by atoms with Gasteiger partial charge in [0.05, 0.1) is 5.69 Å². The molecule has 3 aromatic rings. The highest BCUT2D eigenvalue weighted by molar-refractivity contribution is 7.14. The highest BCUT2D eigenvalue weighted by Crippen LogP contribution is 2.33. The minimum absolute atomic E-state index is 0.146. The fourth-order valence-electron chi connectivity index (χ4n) is 3.25. The van der Waals surface area contributed by atoms with Gasteiger partial charge >= 0.3 is 0 Å². The molecule has 1 N–H and O–H groups in total. The molecule has 2 aromatic carbocycles. The number of nitrogens with one attached hydrogen (secondary N) is 1. The quantitative estimate of drug-likeness (QED) is 0.656. The van der Waals surface area contributed by atoms with Crippen molar-refractivity contribution < 1.29 is 9.59 Å². The van der Waals surface area contributed by atoms with Crippen molar-refractivity contribution in [3.8, 4) is 11.3 Å². The van der Waals surface area contributed by atoms with E-state index in [1.54, 1.807) is 24.3 Å². The van der Waals surface area contributed by atoms with E-state index in [9.17, 15) is 9.59 Å². The Morgan fingerprint density at radius 1 is 1.21 bits per heavy atom. The Kier molecular flexibility index (Phi) is 5.15. The zero-order valence-corrected chi connectivity index (χ0v) is 16.8. The SMILES string of the molecule is CCC(=O)N1CCc2cc(-c3csc(NC(=O)c4ccc(Cl)cc4)n3)ccc21. The average Bonchev–Trinajstić information content (AvgIpc) is 3.34. The zero-order valence-electron chi connectivity index (χ0n) is 15.2. The molecule has 0 bridgehead atoms. The van der Waals surface area contributed by atoms with E-state index in [1.165, 1.54) is 11.3 Å². The van der Waals surface area contributed by atoms with Crippen molar-refractivity contribution in [1.29, 1.82) is 0 Å². The van der Waals surface area contributed by atoms with Crippen LogP contribution in [0.5, 0.6) is 0 Å². The number of rotatable bonds is 4. The summed E-state index contributed by atoms with van der Waals surface area (Å²) in [7, 11) is 0. The highest BCUT2D eigenvalue weighted by atomic mass is 35.5. The molecule has 0 fully saturated rings. The molecule has 0 spiro atoms. The molecule has 142 valence electrons. The Bertz CT molecular complexity index is 1050. The molecule has 1 aliphatic heterocycles. The number of carbonyl (C=O) groups is 2. The van der Waals surface area contributed by atoms with Gasteiger partial charge in [-0.25, -0.2) is 4.98 Å². The van der Waals surface area contributed by atoms with Crippen LogP contribution in [0, 0.1) is 0 Å². The number of anilines is 2. The van der Waals surface area contributed by atoms with Crippen molar-refractivity contribution in [3.63, 3.8) is 0 Å². The number of nitrogens with zero attached hydrogens (tertiary/aromatic N) is 2. The van der Waals surface area contributed by atoms with Gasteiger partial charge < -0.3 is 4.90 Å². The van der Waals surface area contributed by atoms with Gasteiger partial charge in [-0.05, 0) is 48.4 Å². The van der Waals surface area contributed by atoms with E-state index in [-0.39, 0.29) is 11.8 Å². The van der Waals surface area contributed by atoms with Crippen LogP contribution in [0.1, 0.15) is 29.3 Å².